The average molecular weight is 409 g/mol. The fourth-order valence-electron chi connectivity index (χ4n) is 3.80. The van der Waals surface area contributed by atoms with Crippen LogP contribution in [0.15, 0.2) is 71.8 Å². The zero-order valence-corrected chi connectivity index (χ0v) is 16.4. The van der Waals surface area contributed by atoms with Crippen LogP contribution in [0.3, 0.4) is 0 Å². The second-order valence-corrected chi connectivity index (χ2v) is 7.86. The van der Waals surface area contributed by atoms with Gasteiger partial charge in [0.2, 0.25) is 0 Å². The van der Waals surface area contributed by atoms with Crippen LogP contribution in [0.5, 0.6) is 5.75 Å². The van der Waals surface area contributed by atoms with Gasteiger partial charge in [0.05, 0.1) is 23.1 Å². The molecular formula is C23H15N5OS. The molecule has 0 fully saturated rings. The molecule has 5 heterocycles. The molecule has 0 aliphatic heterocycles. The first-order chi connectivity index (χ1) is 14.8. The molecule has 0 bridgehead atoms. The molecule has 5 aromatic heterocycles. The van der Waals surface area contributed by atoms with Crippen LogP contribution in [0.2, 0.25) is 0 Å². The average Bonchev–Trinajstić information content (AvgIpc) is 3.51. The molecule has 6 rings (SSSR count). The van der Waals surface area contributed by atoms with Crippen molar-refractivity contribution in [3.8, 4) is 39.5 Å². The summed E-state index contributed by atoms with van der Waals surface area (Å²) in [6.07, 6.45) is 4.99. The lowest BCUT2D eigenvalue weighted by Gasteiger charge is -2.02. The van der Waals surface area contributed by atoms with E-state index in [9.17, 15) is 5.11 Å². The van der Waals surface area contributed by atoms with E-state index in [-0.39, 0.29) is 5.75 Å². The lowest BCUT2D eigenvalue weighted by molar-refractivity contribution is 0.473. The Bertz CT molecular complexity index is 1510. The van der Waals surface area contributed by atoms with Gasteiger partial charge in [-0.15, -0.1) is 0 Å². The number of pyridine rings is 2. The minimum absolute atomic E-state index is 0.143. The van der Waals surface area contributed by atoms with Crippen LogP contribution < -0.4 is 0 Å². The predicted octanol–water partition coefficient (Wildman–Crippen LogP) is 5.60. The first-order valence-corrected chi connectivity index (χ1v) is 10.3. The van der Waals surface area contributed by atoms with Crippen LogP contribution >= 0.6 is 11.3 Å². The maximum absolute atomic E-state index is 9.77. The summed E-state index contributed by atoms with van der Waals surface area (Å²) in [6, 6.07) is 13.9. The Kier molecular flexibility index (Phi) is 3.69. The summed E-state index contributed by atoms with van der Waals surface area (Å²) >= 11 is 1.66. The highest BCUT2D eigenvalue weighted by atomic mass is 32.1. The Morgan fingerprint density at radius 3 is 2.63 bits per heavy atom. The summed E-state index contributed by atoms with van der Waals surface area (Å²) in [7, 11) is 0. The number of nitrogens with zero attached hydrogens (tertiary/aromatic N) is 3. The number of H-pyrrole nitrogens is 2. The lowest BCUT2D eigenvalue weighted by atomic mass is 10.0. The van der Waals surface area contributed by atoms with E-state index in [4.69, 9.17) is 0 Å². The van der Waals surface area contributed by atoms with E-state index in [2.05, 4.69) is 54.1 Å². The Morgan fingerprint density at radius 1 is 0.833 bits per heavy atom. The lowest BCUT2D eigenvalue weighted by Crippen LogP contribution is -1.82. The highest BCUT2D eigenvalue weighted by Gasteiger charge is 2.15. The topological polar surface area (TPSA) is 90.5 Å². The van der Waals surface area contributed by atoms with Gasteiger partial charge in [-0.05, 0) is 47.3 Å². The van der Waals surface area contributed by atoms with Crippen LogP contribution in [0, 0.1) is 0 Å². The fourth-order valence-corrected chi connectivity index (χ4v) is 4.44. The second kappa shape index (κ2) is 6.53. The van der Waals surface area contributed by atoms with E-state index in [1.54, 1.807) is 23.6 Å². The molecule has 6 aromatic rings. The van der Waals surface area contributed by atoms with Gasteiger partial charge in [0.25, 0.3) is 0 Å². The van der Waals surface area contributed by atoms with Crippen LogP contribution in [0.4, 0.5) is 0 Å². The minimum Gasteiger partial charge on any atom is -0.506 e. The number of rotatable bonds is 3. The van der Waals surface area contributed by atoms with E-state index < -0.39 is 0 Å². The van der Waals surface area contributed by atoms with Crippen molar-refractivity contribution in [2.45, 2.75) is 0 Å². The third kappa shape index (κ3) is 2.67. The number of hydrogen-bond donors (Lipinski definition) is 3. The molecule has 6 nitrogen and oxygen atoms in total. The maximum atomic E-state index is 9.77. The first-order valence-electron chi connectivity index (χ1n) is 9.39. The van der Waals surface area contributed by atoms with Gasteiger partial charge in [-0.25, -0.2) is 0 Å². The van der Waals surface area contributed by atoms with Gasteiger partial charge >= 0.3 is 0 Å². The van der Waals surface area contributed by atoms with Crippen molar-refractivity contribution < 1.29 is 5.11 Å². The van der Waals surface area contributed by atoms with Gasteiger partial charge in [0, 0.05) is 45.2 Å². The van der Waals surface area contributed by atoms with E-state index in [1.165, 1.54) is 6.20 Å². The third-order valence-corrected chi connectivity index (χ3v) is 5.90. The number of fused-ring (bicyclic) bond motifs is 2. The summed E-state index contributed by atoms with van der Waals surface area (Å²) in [5.74, 6) is 0.143. The van der Waals surface area contributed by atoms with Crippen molar-refractivity contribution in [2.24, 2.45) is 0 Å². The van der Waals surface area contributed by atoms with Gasteiger partial charge in [-0.3, -0.25) is 15.1 Å². The number of hydrogen-bond acceptors (Lipinski definition) is 5. The number of aromatic nitrogens is 5. The summed E-state index contributed by atoms with van der Waals surface area (Å²) < 4.78 is 0. The molecule has 0 radical (unpaired) electrons. The van der Waals surface area contributed by atoms with Crippen molar-refractivity contribution >= 4 is 33.1 Å². The minimum atomic E-state index is 0.143. The molecule has 0 spiro atoms. The highest BCUT2D eigenvalue weighted by Crippen LogP contribution is 2.35. The molecular weight excluding hydrogens is 394 g/mol. The maximum Gasteiger partial charge on any atom is 0.134 e. The monoisotopic (exact) mass is 409 g/mol. The molecule has 0 saturated carbocycles. The molecule has 7 heteroatoms. The molecule has 1 aromatic carbocycles. The largest absolute Gasteiger partial charge is 0.506 e. The van der Waals surface area contributed by atoms with Gasteiger partial charge in [0.15, 0.2) is 0 Å². The Labute approximate surface area is 174 Å². The van der Waals surface area contributed by atoms with Crippen molar-refractivity contribution in [2.75, 3.05) is 0 Å². The summed E-state index contributed by atoms with van der Waals surface area (Å²) in [6.45, 7) is 0. The predicted molar refractivity (Wildman–Crippen MR) is 119 cm³/mol. The van der Waals surface area contributed by atoms with Crippen molar-refractivity contribution in [1.82, 2.24) is 25.1 Å². The van der Waals surface area contributed by atoms with Gasteiger partial charge in [-0.1, -0.05) is 6.07 Å². The molecule has 0 aliphatic rings. The zero-order chi connectivity index (χ0) is 20.1. The normalized spacial score (nSPS) is 11.5. The molecule has 30 heavy (non-hydrogen) atoms. The van der Waals surface area contributed by atoms with Crippen LogP contribution in [0.25, 0.3) is 55.6 Å². The Hall–Kier alpha value is -3.97. The van der Waals surface area contributed by atoms with Gasteiger partial charge in [-0.2, -0.15) is 16.4 Å². The fraction of sp³-hybridized carbons (Fsp3) is 0. The Balaban J connectivity index is 1.52. The van der Waals surface area contributed by atoms with Crippen LogP contribution in [-0.2, 0) is 0 Å². The SMILES string of the molecule is Oc1cncc(-c2ccc3[nH]nc(-c4cc5c(-c6ccsc6)nccc5[nH]4)c3c2)c1. The number of aromatic amines is 2. The Morgan fingerprint density at radius 2 is 1.77 bits per heavy atom. The van der Waals surface area contributed by atoms with Crippen molar-refractivity contribution in [3.05, 3.63) is 71.8 Å². The van der Waals surface area contributed by atoms with Gasteiger partial charge in [0.1, 0.15) is 11.4 Å². The highest BCUT2D eigenvalue weighted by molar-refractivity contribution is 7.08. The van der Waals surface area contributed by atoms with Crippen LogP contribution in [0.1, 0.15) is 0 Å². The number of aromatic hydroxyl groups is 1. The smallest absolute Gasteiger partial charge is 0.134 e. The summed E-state index contributed by atoms with van der Waals surface area (Å²) in [5, 5.41) is 23.7. The third-order valence-electron chi connectivity index (χ3n) is 5.22. The van der Waals surface area contributed by atoms with E-state index in [0.29, 0.717) is 0 Å². The van der Waals surface area contributed by atoms with E-state index in [0.717, 1.165) is 55.6 Å². The van der Waals surface area contributed by atoms with E-state index >= 15 is 0 Å². The molecule has 0 aliphatic carbocycles. The van der Waals surface area contributed by atoms with Crippen molar-refractivity contribution in [3.63, 3.8) is 0 Å². The zero-order valence-electron chi connectivity index (χ0n) is 15.6. The molecule has 0 unspecified atom stereocenters. The van der Waals surface area contributed by atoms with Gasteiger partial charge < -0.3 is 10.1 Å². The first kappa shape index (κ1) is 16.9. The number of thiophene rings is 1. The number of benzene rings is 1. The molecule has 3 N–H and O–H groups in total. The second-order valence-electron chi connectivity index (χ2n) is 7.08. The molecule has 0 amide bonds. The molecule has 0 atom stereocenters. The van der Waals surface area contributed by atoms with E-state index in [1.807, 2.05) is 24.4 Å². The van der Waals surface area contributed by atoms with Crippen molar-refractivity contribution in [1.29, 1.82) is 0 Å². The number of nitrogens with one attached hydrogen (secondary N) is 2. The quantitative estimate of drug-likeness (QED) is 0.355. The summed E-state index contributed by atoms with van der Waals surface area (Å²) in [5.41, 5.74) is 7.61. The standard InChI is InChI=1S/C23H15N5OS/c29-16-7-15(10-24-11-16)13-1-2-20-17(8-13)23(28-27-20)21-9-18-19(26-21)3-5-25-22(18)14-4-6-30-12-14/h1-12,26,29H,(H,27,28). The van der Waals surface area contributed by atoms with Crippen LogP contribution in [-0.4, -0.2) is 30.3 Å². The molecule has 0 saturated heterocycles. The molecule has 144 valence electrons. The summed E-state index contributed by atoms with van der Waals surface area (Å²) in [4.78, 5) is 12.2.